The number of benzene rings is 2. The molecule has 186 valence electrons. The molecule has 0 atom stereocenters. The van der Waals surface area contributed by atoms with Crippen molar-refractivity contribution in [1.29, 1.82) is 0 Å². The fraction of sp³-hybridized carbons (Fsp3) is 0.379. The van der Waals surface area contributed by atoms with Gasteiger partial charge in [0.1, 0.15) is 5.76 Å². The number of Topliss-reactive ketones (excluding diaryl/α,β-unsaturated/α-hetero) is 1. The molecule has 1 aliphatic heterocycles. The molecule has 0 bridgehead atoms. The number of methoxy groups -OCH3 is 1. The van der Waals surface area contributed by atoms with E-state index in [4.69, 9.17) is 9.47 Å². The number of fused-ring (bicyclic) bond motifs is 1. The Morgan fingerprint density at radius 2 is 1.86 bits per heavy atom. The molecule has 3 aromatic rings. The minimum atomic E-state index is -0.894. The molecule has 7 nitrogen and oxygen atoms in total. The van der Waals surface area contributed by atoms with E-state index in [1.165, 1.54) is 0 Å². The van der Waals surface area contributed by atoms with Gasteiger partial charge < -0.3 is 14.8 Å². The lowest BCUT2D eigenvalue weighted by atomic mass is 9.74. The van der Waals surface area contributed by atoms with Crippen LogP contribution >= 0.6 is 0 Å². The first-order chi connectivity index (χ1) is 17.5. The second-order valence-corrected chi connectivity index (χ2v) is 9.75. The molecule has 1 saturated carbocycles. The zero-order chi connectivity index (χ0) is 25.1. The number of ether oxygens (including phenoxy) is 2. The van der Waals surface area contributed by atoms with Gasteiger partial charge in [0.2, 0.25) is 11.7 Å². The Hall–Kier alpha value is -3.58. The number of rotatable bonds is 7. The van der Waals surface area contributed by atoms with E-state index >= 15 is 0 Å². The van der Waals surface area contributed by atoms with Crippen molar-refractivity contribution in [2.24, 2.45) is 5.92 Å². The molecular formula is C29H31N3O4. The summed E-state index contributed by atoms with van der Waals surface area (Å²) in [4.78, 5) is 35.1. The summed E-state index contributed by atoms with van der Waals surface area (Å²) in [5.41, 5.74) is 4.05. The zero-order valence-corrected chi connectivity index (χ0v) is 20.8. The van der Waals surface area contributed by atoms with Crippen LogP contribution in [-0.4, -0.2) is 47.5 Å². The molecule has 7 heteroatoms. The van der Waals surface area contributed by atoms with Gasteiger partial charge >= 0.3 is 0 Å². The Kier molecular flexibility index (Phi) is 6.83. The van der Waals surface area contributed by atoms with Crippen LogP contribution in [0.4, 0.5) is 0 Å². The first kappa shape index (κ1) is 24.1. The van der Waals surface area contributed by atoms with Crippen LogP contribution in [0.15, 0.2) is 54.9 Å². The number of aryl methyl sites for hydroxylation is 1. The summed E-state index contributed by atoms with van der Waals surface area (Å²) >= 11 is 0. The van der Waals surface area contributed by atoms with E-state index in [1.807, 2.05) is 49.4 Å². The average molecular weight is 486 g/mol. The number of nitrogens with zero attached hydrogens (tertiary/aromatic N) is 2. The van der Waals surface area contributed by atoms with E-state index in [0.717, 1.165) is 40.6 Å². The second kappa shape index (κ2) is 10.2. The zero-order valence-electron chi connectivity index (χ0n) is 20.8. The largest absolute Gasteiger partial charge is 0.478 e. The number of nitrogens with one attached hydrogen (secondary N) is 1. The molecule has 2 aromatic carbocycles. The van der Waals surface area contributed by atoms with Gasteiger partial charge in [-0.1, -0.05) is 29.8 Å². The van der Waals surface area contributed by atoms with Crippen LogP contribution in [0, 0.1) is 12.8 Å². The van der Waals surface area contributed by atoms with Crippen molar-refractivity contribution in [2.75, 3.05) is 20.3 Å². The molecule has 1 aliphatic carbocycles. The van der Waals surface area contributed by atoms with Crippen LogP contribution in [0.5, 0.6) is 0 Å². The molecule has 5 rings (SSSR count). The fourth-order valence-electron chi connectivity index (χ4n) is 5.30. The summed E-state index contributed by atoms with van der Waals surface area (Å²) in [7, 11) is 1.62. The highest BCUT2D eigenvalue weighted by Crippen LogP contribution is 2.49. The predicted molar refractivity (Wildman–Crippen MR) is 138 cm³/mol. The Labute approximate surface area is 210 Å². The maximum Gasteiger partial charge on any atom is 0.220 e. The molecule has 0 saturated heterocycles. The minimum absolute atomic E-state index is 0.0307. The van der Waals surface area contributed by atoms with Crippen molar-refractivity contribution in [3.8, 4) is 0 Å². The fourth-order valence-corrected chi connectivity index (χ4v) is 5.30. The normalized spacial score (nSPS) is 21.7. The summed E-state index contributed by atoms with van der Waals surface area (Å²) in [6.45, 7) is 3.03. The first-order valence-corrected chi connectivity index (χ1v) is 12.5. The summed E-state index contributed by atoms with van der Waals surface area (Å²) in [5, 5.41) is 2.90. The van der Waals surface area contributed by atoms with E-state index in [-0.39, 0.29) is 17.6 Å². The third-order valence-electron chi connectivity index (χ3n) is 7.22. The summed E-state index contributed by atoms with van der Waals surface area (Å²) in [5.74, 6) is 0.902. The Bertz CT molecular complexity index is 1320. The SMILES string of the molecule is COCCNC(=O)CC1CCC2(CC1)OC(c1ccc3nccnc3c1)=C(c1cccc(C)c1)C2=O. The predicted octanol–water partition coefficient (Wildman–Crippen LogP) is 4.49. The lowest BCUT2D eigenvalue weighted by Gasteiger charge is -2.35. The number of hydrogen-bond acceptors (Lipinski definition) is 6. The van der Waals surface area contributed by atoms with Crippen molar-refractivity contribution in [3.05, 3.63) is 71.5 Å². The average Bonchev–Trinajstić information content (AvgIpc) is 3.17. The Morgan fingerprint density at radius 1 is 1.08 bits per heavy atom. The van der Waals surface area contributed by atoms with Gasteiger partial charge in [-0.15, -0.1) is 0 Å². The van der Waals surface area contributed by atoms with Crippen molar-refractivity contribution in [2.45, 2.75) is 44.6 Å². The Morgan fingerprint density at radius 3 is 2.61 bits per heavy atom. The lowest BCUT2D eigenvalue weighted by molar-refractivity contribution is -0.132. The van der Waals surface area contributed by atoms with Crippen LogP contribution in [0.25, 0.3) is 22.4 Å². The third kappa shape index (κ3) is 4.75. The summed E-state index contributed by atoms with van der Waals surface area (Å²) in [6.07, 6.45) is 6.50. The highest BCUT2D eigenvalue weighted by molar-refractivity contribution is 6.33. The van der Waals surface area contributed by atoms with E-state index in [9.17, 15) is 9.59 Å². The summed E-state index contributed by atoms with van der Waals surface area (Å²) in [6, 6.07) is 13.8. The molecule has 1 aromatic heterocycles. The molecule has 2 aliphatic rings. The Balaban J connectivity index is 1.42. The molecule has 1 fully saturated rings. The van der Waals surface area contributed by atoms with E-state index in [2.05, 4.69) is 15.3 Å². The number of hydrogen-bond donors (Lipinski definition) is 1. The van der Waals surface area contributed by atoms with Crippen molar-refractivity contribution in [1.82, 2.24) is 15.3 Å². The van der Waals surface area contributed by atoms with Gasteiger partial charge in [0.15, 0.2) is 5.60 Å². The maximum atomic E-state index is 14.0. The van der Waals surface area contributed by atoms with Crippen molar-refractivity contribution >= 4 is 34.1 Å². The van der Waals surface area contributed by atoms with Crippen LogP contribution in [0.2, 0.25) is 0 Å². The molecule has 1 amide bonds. The smallest absolute Gasteiger partial charge is 0.220 e. The third-order valence-corrected chi connectivity index (χ3v) is 7.22. The first-order valence-electron chi connectivity index (χ1n) is 12.5. The number of ketones is 1. The van der Waals surface area contributed by atoms with Gasteiger partial charge in [-0.05, 0) is 62.3 Å². The van der Waals surface area contributed by atoms with Gasteiger partial charge in [-0.25, -0.2) is 0 Å². The maximum absolute atomic E-state index is 14.0. The molecule has 36 heavy (non-hydrogen) atoms. The molecule has 1 N–H and O–H groups in total. The van der Waals surface area contributed by atoms with Gasteiger partial charge in [0, 0.05) is 38.0 Å². The van der Waals surface area contributed by atoms with Crippen LogP contribution in [-0.2, 0) is 19.1 Å². The van der Waals surface area contributed by atoms with Crippen LogP contribution < -0.4 is 5.32 Å². The number of aromatic nitrogens is 2. The minimum Gasteiger partial charge on any atom is -0.478 e. The molecule has 1 spiro atoms. The van der Waals surface area contributed by atoms with Gasteiger partial charge in [-0.3, -0.25) is 19.6 Å². The topological polar surface area (TPSA) is 90.4 Å². The molecule has 0 radical (unpaired) electrons. The number of amides is 1. The van der Waals surface area contributed by atoms with Gasteiger partial charge in [0.05, 0.1) is 23.2 Å². The number of carbonyl (C=O) groups is 2. The van der Waals surface area contributed by atoms with Gasteiger partial charge in [0.25, 0.3) is 0 Å². The van der Waals surface area contributed by atoms with Crippen molar-refractivity contribution in [3.63, 3.8) is 0 Å². The lowest BCUT2D eigenvalue weighted by Crippen LogP contribution is -2.42. The quantitative estimate of drug-likeness (QED) is 0.496. The second-order valence-electron chi connectivity index (χ2n) is 9.75. The number of carbonyl (C=O) groups excluding carboxylic acids is 2. The van der Waals surface area contributed by atoms with E-state index in [0.29, 0.717) is 43.7 Å². The standard InChI is InChI=1S/C29H31N3O4/c1-19-4-3-5-21(16-19)26-27(22-6-7-23-24(18-22)31-13-12-30-23)36-29(28(26)34)10-8-20(9-11-29)17-25(33)32-14-15-35-2/h3-7,12-13,16,18,20H,8-11,14-15,17H2,1-2H3,(H,32,33). The molecular weight excluding hydrogens is 454 g/mol. The van der Waals surface area contributed by atoms with E-state index in [1.54, 1.807) is 19.5 Å². The monoisotopic (exact) mass is 485 g/mol. The van der Waals surface area contributed by atoms with Crippen molar-refractivity contribution < 1.29 is 19.1 Å². The molecule has 0 unspecified atom stereocenters. The van der Waals surface area contributed by atoms with E-state index < -0.39 is 5.60 Å². The van der Waals surface area contributed by atoms with Crippen LogP contribution in [0.1, 0.15) is 48.8 Å². The molecule has 2 heterocycles. The van der Waals surface area contributed by atoms with Gasteiger partial charge in [-0.2, -0.15) is 0 Å². The summed E-state index contributed by atoms with van der Waals surface area (Å²) < 4.78 is 11.6. The van der Waals surface area contributed by atoms with Crippen LogP contribution in [0.3, 0.4) is 0 Å². The highest BCUT2D eigenvalue weighted by Gasteiger charge is 2.51. The highest BCUT2D eigenvalue weighted by atomic mass is 16.5.